The monoisotopic (exact) mass is 484 g/mol. The molecular weight excluding hydrogens is 453 g/mol. The SMILES string of the molecule is O=C(CCC(=O)C1[C@H]2CN(C3CCCC(c4ccccc4)C3)C[C@@H]12)Nc1cccc(C(F)(F)F)c1. The van der Waals surface area contributed by atoms with Crippen LogP contribution >= 0.6 is 0 Å². The molecule has 7 heteroatoms. The van der Waals surface area contributed by atoms with Gasteiger partial charge in [-0.05, 0) is 60.8 Å². The Morgan fingerprint density at radius 3 is 2.40 bits per heavy atom. The molecule has 0 radical (unpaired) electrons. The van der Waals surface area contributed by atoms with Gasteiger partial charge in [0.05, 0.1) is 5.56 Å². The van der Waals surface area contributed by atoms with Crippen LogP contribution in [0.3, 0.4) is 0 Å². The second kappa shape index (κ2) is 9.76. The minimum atomic E-state index is -4.46. The first-order chi connectivity index (χ1) is 16.8. The summed E-state index contributed by atoms with van der Waals surface area (Å²) in [6.07, 6.45) is 0.547. The fourth-order valence-corrected chi connectivity index (χ4v) is 6.26. The molecule has 186 valence electrons. The Balaban J connectivity index is 1.06. The van der Waals surface area contributed by atoms with Crippen molar-refractivity contribution in [2.24, 2.45) is 17.8 Å². The highest BCUT2D eigenvalue weighted by atomic mass is 19.4. The summed E-state index contributed by atoms with van der Waals surface area (Å²) in [5.74, 6) is 1.13. The van der Waals surface area contributed by atoms with E-state index in [-0.39, 0.29) is 30.2 Å². The first-order valence-electron chi connectivity index (χ1n) is 12.6. The van der Waals surface area contributed by atoms with Crippen LogP contribution in [-0.2, 0) is 15.8 Å². The number of nitrogens with one attached hydrogen (secondary N) is 1. The van der Waals surface area contributed by atoms with Crippen LogP contribution in [0.5, 0.6) is 0 Å². The smallest absolute Gasteiger partial charge is 0.326 e. The number of likely N-dealkylation sites (tertiary alicyclic amines) is 1. The molecule has 4 nitrogen and oxygen atoms in total. The number of carbonyl (C=O) groups is 2. The van der Waals surface area contributed by atoms with Crippen molar-refractivity contribution in [2.45, 2.75) is 56.7 Å². The zero-order valence-corrected chi connectivity index (χ0v) is 19.6. The van der Waals surface area contributed by atoms with Gasteiger partial charge >= 0.3 is 6.18 Å². The van der Waals surface area contributed by atoms with Crippen LogP contribution in [-0.4, -0.2) is 35.7 Å². The first kappa shape index (κ1) is 24.0. The summed E-state index contributed by atoms with van der Waals surface area (Å²) in [6.45, 7) is 1.92. The highest BCUT2D eigenvalue weighted by molar-refractivity contribution is 5.94. The third-order valence-electron chi connectivity index (χ3n) is 8.10. The molecule has 35 heavy (non-hydrogen) atoms. The molecule has 5 rings (SSSR count). The number of nitrogens with zero attached hydrogens (tertiary/aromatic N) is 1. The lowest BCUT2D eigenvalue weighted by atomic mass is 9.81. The molecule has 0 aromatic heterocycles. The van der Waals surface area contributed by atoms with E-state index < -0.39 is 17.6 Å². The molecule has 3 aliphatic rings. The Labute approximate surface area is 203 Å². The van der Waals surface area contributed by atoms with Gasteiger partial charge in [0.25, 0.3) is 0 Å². The summed E-state index contributed by atoms with van der Waals surface area (Å²) in [5, 5.41) is 2.49. The van der Waals surface area contributed by atoms with Crippen molar-refractivity contribution in [3.63, 3.8) is 0 Å². The maximum absolute atomic E-state index is 12.8. The summed E-state index contributed by atoms with van der Waals surface area (Å²) in [4.78, 5) is 27.5. The predicted octanol–water partition coefficient (Wildman–Crippen LogP) is 5.90. The van der Waals surface area contributed by atoms with Gasteiger partial charge in [-0.25, -0.2) is 0 Å². The van der Waals surface area contributed by atoms with Gasteiger partial charge in [0, 0.05) is 43.6 Å². The second-order valence-electron chi connectivity index (χ2n) is 10.3. The zero-order chi connectivity index (χ0) is 24.6. The lowest BCUT2D eigenvalue weighted by Gasteiger charge is -2.36. The number of piperidine rings is 1. The molecular formula is C28H31F3N2O2. The molecule has 5 atom stereocenters. The Morgan fingerprint density at radius 2 is 1.69 bits per heavy atom. The van der Waals surface area contributed by atoms with E-state index >= 15 is 0 Å². The molecule has 0 bridgehead atoms. The minimum Gasteiger partial charge on any atom is -0.326 e. The number of anilines is 1. The van der Waals surface area contributed by atoms with E-state index in [1.165, 1.54) is 43.4 Å². The van der Waals surface area contributed by atoms with Gasteiger partial charge in [-0.3, -0.25) is 14.5 Å². The number of Topliss-reactive ketones (excluding diaryl/α,β-unsaturated/α-hetero) is 1. The van der Waals surface area contributed by atoms with E-state index in [0.29, 0.717) is 23.8 Å². The molecule has 2 aromatic carbocycles. The van der Waals surface area contributed by atoms with Crippen LogP contribution in [0, 0.1) is 17.8 Å². The number of benzene rings is 2. The van der Waals surface area contributed by atoms with Crippen LogP contribution in [0.1, 0.15) is 55.6 Å². The maximum Gasteiger partial charge on any atom is 0.416 e. The van der Waals surface area contributed by atoms with Crippen molar-refractivity contribution < 1.29 is 22.8 Å². The Kier molecular flexibility index (Phi) is 6.71. The number of rotatable bonds is 7. The standard InChI is InChI=1S/C28H31F3N2O2/c29-28(30,31)20-9-5-10-21(15-20)32-26(35)13-12-25(34)27-23-16-33(17-24(23)27)22-11-4-8-19(14-22)18-6-2-1-3-7-18/h1-3,5-7,9-10,15,19,22-24,27H,4,8,11-14,16-17H2,(H,32,35)/t19?,22?,23-,24+,27?. The summed E-state index contributed by atoms with van der Waals surface area (Å²) >= 11 is 0. The highest BCUT2D eigenvalue weighted by Gasteiger charge is 2.59. The van der Waals surface area contributed by atoms with Crippen molar-refractivity contribution in [2.75, 3.05) is 18.4 Å². The molecule has 1 saturated heterocycles. The van der Waals surface area contributed by atoms with Crippen molar-refractivity contribution in [1.29, 1.82) is 0 Å². The number of hydrogen-bond acceptors (Lipinski definition) is 3. The Morgan fingerprint density at radius 1 is 0.943 bits per heavy atom. The number of hydrogen-bond donors (Lipinski definition) is 1. The molecule has 3 fully saturated rings. The van der Waals surface area contributed by atoms with Crippen molar-refractivity contribution in [3.8, 4) is 0 Å². The molecule has 1 N–H and O–H groups in total. The number of carbonyl (C=O) groups excluding carboxylic acids is 2. The lowest BCUT2D eigenvalue weighted by molar-refractivity contribution is -0.137. The molecule has 3 unspecified atom stereocenters. The Hall–Kier alpha value is -2.67. The van der Waals surface area contributed by atoms with E-state index in [1.54, 1.807) is 0 Å². The van der Waals surface area contributed by atoms with Crippen molar-refractivity contribution in [3.05, 3.63) is 65.7 Å². The topological polar surface area (TPSA) is 49.4 Å². The van der Waals surface area contributed by atoms with Crippen LogP contribution in [0.2, 0.25) is 0 Å². The van der Waals surface area contributed by atoms with E-state index in [0.717, 1.165) is 25.2 Å². The van der Waals surface area contributed by atoms with E-state index in [2.05, 4.69) is 40.5 Å². The number of ketones is 1. The summed E-state index contributed by atoms with van der Waals surface area (Å²) in [7, 11) is 0. The summed E-state index contributed by atoms with van der Waals surface area (Å²) < 4.78 is 38.5. The zero-order valence-electron chi connectivity index (χ0n) is 19.6. The van der Waals surface area contributed by atoms with Crippen LogP contribution in [0.4, 0.5) is 18.9 Å². The third kappa shape index (κ3) is 5.45. The number of alkyl halides is 3. The first-order valence-corrected chi connectivity index (χ1v) is 12.6. The van der Waals surface area contributed by atoms with Gasteiger partial charge in [-0.2, -0.15) is 13.2 Å². The third-order valence-corrected chi connectivity index (χ3v) is 8.10. The lowest BCUT2D eigenvalue weighted by Crippen LogP contribution is -2.39. The van der Waals surface area contributed by atoms with Crippen molar-refractivity contribution in [1.82, 2.24) is 4.90 Å². The average Bonchev–Trinajstić information content (AvgIpc) is 3.36. The molecule has 2 aromatic rings. The average molecular weight is 485 g/mol. The fourth-order valence-electron chi connectivity index (χ4n) is 6.26. The van der Waals surface area contributed by atoms with Gasteiger partial charge in [0.15, 0.2) is 0 Å². The summed E-state index contributed by atoms with van der Waals surface area (Å²) in [5.41, 5.74) is 0.713. The van der Waals surface area contributed by atoms with Gasteiger partial charge in [0.2, 0.25) is 5.91 Å². The quantitative estimate of drug-likeness (QED) is 0.533. The van der Waals surface area contributed by atoms with Crippen LogP contribution in [0.15, 0.2) is 54.6 Å². The van der Waals surface area contributed by atoms with Crippen LogP contribution in [0.25, 0.3) is 0 Å². The van der Waals surface area contributed by atoms with Gasteiger partial charge in [0.1, 0.15) is 5.78 Å². The second-order valence-corrected chi connectivity index (χ2v) is 10.3. The molecule has 1 amide bonds. The van der Waals surface area contributed by atoms with Crippen molar-refractivity contribution >= 4 is 17.4 Å². The van der Waals surface area contributed by atoms with E-state index in [4.69, 9.17) is 0 Å². The molecule has 0 spiro atoms. The van der Waals surface area contributed by atoms with Gasteiger partial charge in [-0.15, -0.1) is 0 Å². The van der Waals surface area contributed by atoms with Gasteiger partial charge < -0.3 is 5.32 Å². The minimum absolute atomic E-state index is 0.00386. The number of fused-ring (bicyclic) bond motifs is 1. The Bertz CT molecular complexity index is 1060. The van der Waals surface area contributed by atoms with Crippen LogP contribution < -0.4 is 5.32 Å². The molecule has 1 aliphatic heterocycles. The normalized spacial score (nSPS) is 28.4. The molecule has 2 aliphatic carbocycles. The number of halogens is 3. The number of amides is 1. The molecule has 1 heterocycles. The van der Waals surface area contributed by atoms with E-state index in [1.807, 2.05) is 0 Å². The maximum atomic E-state index is 12.8. The summed E-state index contributed by atoms with van der Waals surface area (Å²) in [6, 6.07) is 15.9. The predicted molar refractivity (Wildman–Crippen MR) is 128 cm³/mol. The highest BCUT2D eigenvalue weighted by Crippen LogP contribution is 2.54. The fraction of sp³-hybridized carbons (Fsp3) is 0.500. The van der Waals surface area contributed by atoms with E-state index in [9.17, 15) is 22.8 Å². The van der Waals surface area contributed by atoms with Gasteiger partial charge in [-0.1, -0.05) is 42.8 Å². The largest absolute Gasteiger partial charge is 0.416 e. The molecule has 2 saturated carbocycles.